The highest BCUT2D eigenvalue weighted by atomic mass is 32.2. The van der Waals surface area contributed by atoms with Gasteiger partial charge in [0.2, 0.25) is 0 Å². The fourth-order valence-corrected chi connectivity index (χ4v) is 4.46. The summed E-state index contributed by atoms with van der Waals surface area (Å²) in [5, 5.41) is 11.6. The summed E-state index contributed by atoms with van der Waals surface area (Å²) in [6, 6.07) is 19.6. The molecule has 0 saturated carbocycles. The van der Waals surface area contributed by atoms with Gasteiger partial charge in [-0.15, -0.1) is 11.8 Å². The van der Waals surface area contributed by atoms with Crippen LogP contribution in [0, 0.1) is 13.8 Å². The van der Waals surface area contributed by atoms with E-state index in [0.717, 1.165) is 33.3 Å². The minimum Gasteiger partial charge on any atom is -0.361 e. The van der Waals surface area contributed by atoms with E-state index in [1.165, 1.54) is 0 Å². The van der Waals surface area contributed by atoms with Crippen LogP contribution in [0.3, 0.4) is 0 Å². The summed E-state index contributed by atoms with van der Waals surface area (Å²) < 4.78 is 7.08. The lowest BCUT2D eigenvalue weighted by Gasteiger charge is -2.09. The highest BCUT2D eigenvalue weighted by Gasteiger charge is 2.14. The van der Waals surface area contributed by atoms with Crippen LogP contribution in [-0.2, 0) is 12.2 Å². The molecule has 1 N–H and O–H groups in total. The van der Waals surface area contributed by atoms with Crippen molar-refractivity contribution in [1.29, 1.82) is 0 Å². The molecule has 6 nitrogen and oxygen atoms in total. The summed E-state index contributed by atoms with van der Waals surface area (Å²) in [5.74, 6) is 1.45. The first kappa shape index (κ1) is 20.9. The summed E-state index contributed by atoms with van der Waals surface area (Å²) in [5.41, 5.74) is 4.59. The Morgan fingerprint density at radius 2 is 1.84 bits per heavy atom. The van der Waals surface area contributed by atoms with E-state index < -0.39 is 0 Å². The van der Waals surface area contributed by atoms with Crippen LogP contribution in [0.25, 0.3) is 5.69 Å². The first-order chi connectivity index (χ1) is 15.1. The number of aryl methyl sites for hydroxylation is 2. The zero-order valence-electron chi connectivity index (χ0n) is 17.5. The monoisotopic (exact) mass is 432 g/mol. The Morgan fingerprint density at radius 1 is 1.06 bits per heavy atom. The maximum atomic E-state index is 12.8. The third-order valence-corrected chi connectivity index (χ3v) is 6.12. The number of rotatable bonds is 8. The number of aromatic nitrogens is 3. The van der Waals surface area contributed by atoms with Crippen LogP contribution in [0.2, 0.25) is 0 Å². The maximum absolute atomic E-state index is 12.8. The van der Waals surface area contributed by atoms with Gasteiger partial charge in [-0.1, -0.05) is 35.5 Å². The molecular weight excluding hydrogens is 408 g/mol. The normalized spacial score (nSPS) is 10.9. The van der Waals surface area contributed by atoms with Gasteiger partial charge >= 0.3 is 0 Å². The SMILES string of the molecule is Cc1noc(C)c1CSc1ccccc1C(=O)NCCc1ccn(-c2ccccc2)n1. The standard InChI is InChI=1S/C24H24N4O2S/c1-17-22(18(2)30-27-17)16-31-23-11-7-6-10-21(23)24(29)25-14-12-19-13-15-28(26-19)20-8-4-3-5-9-20/h3-11,13,15H,12,14,16H2,1-2H3,(H,25,29). The van der Waals surface area contributed by atoms with Crippen molar-refractivity contribution >= 4 is 17.7 Å². The zero-order chi connectivity index (χ0) is 21.6. The van der Waals surface area contributed by atoms with Crippen molar-refractivity contribution in [1.82, 2.24) is 20.3 Å². The quantitative estimate of drug-likeness (QED) is 0.407. The topological polar surface area (TPSA) is 73.0 Å². The van der Waals surface area contributed by atoms with Crippen LogP contribution in [-0.4, -0.2) is 27.4 Å². The van der Waals surface area contributed by atoms with E-state index >= 15 is 0 Å². The molecule has 0 aliphatic heterocycles. The van der Waals surface area contributed by atoms with E-state index in [1.807, 2.05) is 85.4 Å². The average Bonchev–Trinajstić information content (AvgIpc) is 3.39. The van der Waals surface area contributed by atoms with Gasteiger partial charge in [0, 0.05) is 35.4 Å². The van der Waals surface area contributed by atoms with E-state index in [9.17, 15) is 4.79 Å². The number of nitrogens with zero attached hydrogens (tertiary/aromatic N) is 3. The minimum atomic E-state index is -0.0793. The lowest BCUT2D eigenvalue weighted by atomic mass is 10.2. The van der Waals surface area contributed by atoms with Crippen molar-refractivity contribution in [2.24, 2.45) is 0 Å². The zero-order valence-corrected chi connectivity index (χ0v) is 18.4. The van der Waals surface area contributed by atoms with Crippen molar-refractivity contribution in [2.45, 2.75) is 30.9 Å². The molecule has 2 heterocycles. The smallest absolute Gasteiger partial charge is 0.252 e. The van der Waals surface area contributed by atoms with Crippen LogP contribution in [0.15, 0.2) is 76.3 Å². The van der Waals surface area contributed by atoms with E-state index in [2.05, 4.69) is 15.6 Å². The molecule has 0 unspecified atom stereocenters. The van der Waals surface area contributed by atoms with Gasteiger partial charge < -0.3 is 9.84 Å². The first-order valence-electron chi connectivity index (χ1n) is 10.1. The molecular formula is C24H24N4O2S. The molecule has 0 atom stereocenters. The molecule has 0 spiro atoms. The second kappa shape index (κ2) is 9.66. The highest BCUT2D eigenvalue weighted by molar-refractivity contribution is 7.98. The molecule has 1 amide bonds. The fraction of sp³-hybridized carbons (Fsp3) is 0.208. The van der Waals surface area contributed by atoms with Gasteiger partial charge in [0.15, 0.2) is 0 Å². The Bertz CT molecular complexity index is 1150. The molecule has 0 aliphatic carbocycles. The number of amides is 1. The van der Waals surface area contributed by atoms with Crippen molar-refractivity contribution in [3.8, 4) is 5.69 Å². The van der Waals surface area contributed by atoms with Crippen molar-refractivity contribution < 1.29 is 9.32 Å². The molecule has 2 aromatic heterocycles. The lowest BCUT2D eigenvalue weighted by molar-refractivity contribution is 0.0951. The van der Waals surface area contributed by atoms with Crippen LogP contribution in [0.5, 0.6) is 0 Å². The molecule has 0 bridgehead atoms. The van der Waals surface area contributed by atoms with Crippen LogP contribution >= 0.6 is 11.8 Å². The molecule has 4 rings (SSSR count). The Labute approximate surface area is 185 Å². The van der Waals surface area contributed by atoms with Crippen molar-refractivity contribution in [3.05, 3.63) is 95.1 Å². The van der Waals surface area contributed by atoms with Crippen molar-refractivity contribution in [2.75, 3.05) is 6.54 Å². The Kier molecular flexibility index (Phi) is 6.52. The number of benzene rings is 2. The average molecular weight is 433 g/mol. The number of hydrogen-bond donors (Lipinski definition) is 1. The molecule has 31 heavy (non-hydrogen) atoms. The third-order valence-electron chi connectivity index (χ3n) is 5.02. The molecule has 0 aliphatic rings. The fourth-order valence-electron chi connectivity index (χ4n) is 3.26. The summed E-state index contributed by atoms with van der Waals surface area (Å²) in [7, 11) is 0. The summed E-state index contributed by atoms with van der Waals surface area (Å²) in [6.45, 7) is 4.37. The van der Waals surface area contributed by atoms with Gasteiger partial charge in [-0.25, -0.2) is 4.68 Å². The first-order valence-corrected chi connectivity index (χ1v) is 11.1. The van der Waals surface area contributed by atoms with E-state index in [-0.39, 0.29) is 5.91 Å². The number of carbonyl (C=O) groups excluding carboxylic acids is 1. The van der Waals surface area contributed by atoms with Crippen LogP contribution in [0.1, 0.15) is 33.1 Å². The van der Waals surface area contributed by atoms with Crippen LogP contribution < -0.4 is 5.32 Å². The predicted molar refractivity (Wildman–Crippen MR) is 122 cm³/mol. The third kappa shape index (κ3) is 5.06. The van der Waals surface area contributed by atoms with E-state index in [0.29, 0.717) is 24.3 Å². The molecule has 0 fully saturated rings. The van der Waals surface area contributed by atoms with Gasteiger partial charge in [-0.05, 0) is 44.2 Å². The lowest BCUT2D eigenvalue weighted by Crippen LogP contribution is -2.26. The predicted octanol–water partition coefficient (Wildman–Crippen LogP) is 4.74. The Hall–Kier alpha value is -3.32. The largest absolute Gasteiger partial charge is 0.361 e. The number of carbonyl (C=O) groups is 1. The van der Waals surface area contributed by atoms with Gasteiger partial charge in [0.1, 0.15) is 5.76 Å². The van der Waals surface area contributed by atoms with Gasteiger partial charge in [0.25, 0.3) is 5.91 Å². The summed E-state index contributed by atoms with van der Waals surface area (Å²) in [6.07, 6.45) is 2.60. The second-order valence-electron chi connectivity index (χ2n) is 7.18. The number of para-hydroxylation sites is 1. The molecule has 0 radical (unpaired) electrons. The Balaban J connectivity index is 1.34. The molecule has 2 aromatic carbocycles. The van der Waals surface area contributed by atoms with Gasteiger partial charge in [-0.2, -0.15) is 5.10 Å². The number of thioether (sulfide) groups is 1. The van der Waals surface area contributed by atoms with E-state index in [4.69, 9.17) is 4.52 Å². The Morgan fingerprint density at radius 3 is 2.61 bits per heavy atom. The summed E-state index contributed by atoms with van der Waals surface area (Å²) in [4.78, 5) is 13.7. The van der Waals surface area contributed by atoms with Gasteiger partial charge in [-0.3, -0.25) is 4.79 Å². The maximum Gasteiger partial charge on any atom is 0.252 e. The highest BCUT2D eigenvalue weighted by Crippen LogP contribution is 2.28. The number of nitrogens with one attached hydrogen (secondary N) is 1. The summed E-state index contributed by atoms with van der Waals surface area (Å²) >= 11 is 1.62. The van der Waals surface area contributed by atoms with Gasteiger partial charge in [0.05, 0.1) is 22.6 Å². The molecule has 7 heteroatoms. The molecule has 0 saturated heterocycles. The molecule has 4 aromatic rings. The molecule has 158 valence electrons. The number of hydrogen-bond acceptors (Lipinski definition) is 5. The minimum absolute atomic E-state index is 0.0793. The second-order valence-corrected chi connectivity index (χ2v) is 8.20. The van der Waals surface area contributed by atoms with Crippen LogP contribution in [0.4, 0.5) is 0 Å². The van der Waals surface area contributed by atoms with Crippen molar-refractivity contribution in [3.63, 3.8) is 0 Å². The van der Waals surface area contributed by atoms with E-state index in [1.54, 1.807) is 11.8 Å².